The minimum Gasteiger partial charge on any atom is -0.372 e. The second kappa shape index (κ2) is 6.50. The Morgan fingerprint density at radius 2 is 2.00 bits per heavy atom. The van der Waals surface area contributed by atoms with E-state index in [0.717, 1.165) is 24.1 Å². The van der Waals surface area contributed by atoms with Crippen LogP contribution < -0.4 is 5.32 Å². The van der Waals surface area contributed by atoms with Gasteiger partial charge in [-0.25, -0.2) is 4.98 Å². The zero-order valence-corrected chi connectivity index (χ0v) is 12.4. The molecule has 1 aromatic rings. The van der Waals surface area contributed by atoms with Gasteiger partial charge in [0, 0.05) is 32.7 Å². The van der Waals surface area contributed by atoms with Gasteiger partial charge in [0.2, 0.25) is 0 Å². The molecule has 0 amide bonds. The van der Waals surface area contributed by atoms with E-state index < -0.39 is 0 Å². The fourth-order valence-corrected chi connectivity index (χ4v) is 3.33. The fraction of sp³-hybridized carbons (Fsp3) is 0.733. The van der Waals surface area contributed by atoms with E-state index in [0.29, 0.717) is 0 Å². The van der Waals surface area contributed by atoms with Crippen LogP contribution in [-0.4, -0.2) is 59.0 Å². The molecule has 110 valence electrons. The first-order valence-corrected chi connectivity index (χ1v) is 7.80. The van der Waals surface area contributed by atoms with Crippen molar-refractivity contribution in [2.45, 2.75) is 38.3 Å². The molecular weight excluding hydrogens is 250 g/mol. The summed E-state index contributed by atoms with van der Waals surface area (Å²) in [4.78, 5) is 14.0. The van der Waals surface area contributed by atoms with E-state index in [1.54, 1.807) is 0 Å². The van der Waals surface area contributed by atoms with Gasteiger partial charge in [-0.15, -0.1) is 0 Å². The standard InChI is InChI=1S/C15H25N5/c1-16-15-10-17-13(9-18-15)11-19-8-5-14(12-19)20-6-3-2-4-7-20/h9-10,14H,2-8,11-12H2,1H3,(H,16,18). The molecule has 0 saturated carbocycles. The van der Waals surface area contributed by atoms with Crippen molar-refractivity contribution in [3.05, 3.63) is 18.1 Å². The van der Waals surface area contributed by atoms with Crippen molar-refractivity contribution < 1.29 is 0 Å². The van der Waals surface area contributed by atoms with Crippen LogP contribution in [0.25, 0.3) is 0 Å². The van der Waals surface area contributed by atoms with Crippen LogP contribution in [0.2, 0.25) is 0 Å². The van der Waals surface area contributed by atoms with Crippen LogP contribution in [0.5, 0.6) is 0 Å². The highest BCUT2D eigenvalue weighted by molar-refractivity contribution is 5.29. The lowest BCUT2D eigenvalue weighted by Gasteiger charge is -2.32. The molecule has 2 aliphatic heterocycles. The molecule has 5 heteroatoms. The Kier molecular flexibility index (Phi) is 4.47. The molecule has 0 spiro atoms. The van der Waals surface area contributed by atoms with Crippen molar-refractivity contribution in [1.29, 1.82) is 0 Å². The van der Waals surface area contributed by atoms with Crippen LogP contribution >= 0.6 is 0 Å². The highest BCUT2D eigenvalue weighted by Gasteiger charge is 2.28. The van der Waals surface area contributed by atoms with Gasteiger partial charge in [0.25, 0.3) is 0 Å². The van der Waals surface area contributed by atoms with Gasteiger partial charge in [0.1, 0.15) is 5.82 Å². The number of aromatic nitrogens is 2. The third kappa shape index (κ3) is 3.27. The number of nitrogens with zero attached hydrogens (tertiary/aromatic N) is 4. The summed E-state index contributed by atoms with van der Waals surface area (Å²) in [6, 6.07) is 0.764. The Labute approximate surface area is 121 Å². The van der Waals surface area contributed by atoms with Gasteiger partial charge in [-0.05, 0) is 32.4 Å². The largest absolute Gasteiger partial charge is 0.372 e. The lowest BCUT2D eigenvalue weighted by molar-refractivity contribution is 0.161. The number of rotatable bonds is 4. The Balaban J connectivity index is 1.51. The molecule has 2 aliphatic rings. The first kappa shape index (κ1) is 13.8. The highest BCUT2D eigenvalue weighted by atomic mass is 15.3. The Bertz CT molecular complexity index is 413. The lowest BCUT2D eigenvalue weighted by Crippen LogP contribution is -2.40. The molecule has 2 fully saturated rings. The summed E-state index contributed by atoms with van der Waals surface area (Å²) in [5, 5.41) is 3.00. The maximum atomic E-state index is 4.47. The number of piperidine rings is 1. The van der Waals surface area contributed by atoms with Crippen molar-refractivity contribution in [1.82, 2.24) is 19.8 Å². The summed E-state index contributed by atoms with van der Waals surface area (Å²) >= 11 is 0. The van der Waals surface area contributed by atoms with Gasteiger partial charge in [-0.1, -0.05) is 6.42 Å². The second-order valence-electron chi connectivity index (χ2n) is 5.92. The van der Waals surface area contributed by atoms with E-state index in [2.05, 4.69) is 25.1 Å². The smallest absolute Gasteiger partial charge is 0.144 e. The number of likely N-dealkylation sites (tertiary alicyclic amines) is 2. The lowest BCUT2D eigenvalue weighted by atomic mass is 10.1. The van der Waals surface area contributed by atoms with Gasteiger partial charge in [-0.3, -0.25) is 14.8 Å². The summed E-state index contributed by atoms with van der Waals surface area (Å²) in [6.45, 7) is 5.91. The Hall–Kier alpha value is -1.20. The van der Waals surface area contributed by atoms with Gasteiger partial charge >= 0.3 is 0 Å². The van der Waals surface area contributed by atoms with Crippen molar-refractivity contribution in [3.8, 4) is 0 Å². The second-order valence-corrected chi connectivity index (χ2v) is 5.92. The predicted octanol–water partition coefficient (Wildman–Crippen LogP) is 1.58. The van der Waals surface area contributed by atoms with Crippen LogP contribution in [-0.2, 0) is 6.54 Å². The summed E-state index contributed by atoms with van der Waals surface area (Å²) < 4.78 is 0. The van der Waals surface area contributed by atoms with Crippen LogP contribution in [0.15, 0.2) is 12.4 Å². The number of anilines is 1. The summed E-state index contributed by atoms with van der Waals surface area (Å²) in [6.07, 6.45) is 9.19. The zero-order valence-electron chi connectivity index (χ0n) is 12.4. The monoisotopic (exact) mass is 275 g/mol. The minimum atomic E-state index is 0.764. The normalized spacial score (nSPS) is 24.9. The molecule has 3 heterocycles. The summed E-state index contributed by atoms with van der Waals surface area (Å²) in [5.41, 5.74) is 1.07. The predicted molar refractivity (Wildman–Crippen MR) is 80.7 cm³/mol. The van der Waals surface area contributed by atoms with Crippen LogP contribution in [0.1, 0.15) is 31.4 Å². The molecule has 1 N–H and O–H groups in total. The van der Waals surface area contributed by atoms with Crippen molar-refractivity contribution in [2.24, 2.45) is 0 Å². The van der Waals surface area contributed by atoms with Gasteiger partial charge in [0.05, 0.1) is 18.1 Å². The van der Waals surface area contributed by atoms with Gasteiger partial charge in [0.15, 0.2) is 0 Å². The average Bonchev–Trinajstić information content (AvgIpc) is 2.97. The van der Waals surface area contributed by atoms with E-state index in [9.17, 15) is 0 Å². The summed E-state index contributed by atoms with van der Waals surface area (Å²) in [7, 11) is 1.87. The molecule has 0 radical (unpaired) electrons. The van der Waals surface area contributed by atoms with Crippen LogP contribution in [0.3, 0.4) is 0 Å². The molecule has 0 aromatic carbocycles. The quantitative estimate of drug-likeness (QED) is 0.904. The molecule has 1 unspecified atom stereocenters. The third-order valence-corrected chi connectivity index (χ3v) is 4.50. The van der Waals surface area contributed by atoms with E-state index in [1.807, 2.05) is 19.4 Å². The first-order valence-electron chi connectivity index (χ1n) is 7.80. The summed E-state index contributed by atoms with van der Waals surface area (Å²) in [5.74, 6) is 0.835. The molecule has 1 atom stereocenters. The van der Waals surface area contributed by atoms with E-state index >= 15 is 0 Å². The van der Waals surface area contributed by atoms with Crippen molar-refractivity contribution >= 4 is 5.82 Å². The fourth-order valence-electron chi connectivity index (χ4n) is 3.33. The molecule has 0 bridgehead atoms. The maximum Gasteiger partial charge on any atom is 0.144 e. The third-order valence-electron chi connectivity index (χ3n) is 4.50. The van der Waals surface area contributed by atoms with Gasteiger partial charge in [-0.2, -0.15) is 0 Å². The average molecular weight is 275 g/mol. The Morgan fingerprint density at radius 1 is 1.15 bits per heavy atom. The van der Waals surface area contributed by atoms with E-state index in [1.165, 1.54) is 51.9 Å². The molecule has 3 rings (SSSR count). The number of nitrogens with one attached hydrogen (secondary N) is 1. The minimum absolute atomic E-state index is 0.764. The molecule has 1 aromatic heterocycles. The van der Waals surface area contributed by atoms with Gasteiger partial charge < -0.3 is 5.32 Å². The molecule has 20 heavy (non-hydrogen) atoms. The topological polar surface area (TPSA) is 44.3 Å². The zero-order chi connectivity index (χ0) is 13.8. The van der Waals surface area contributed by atoms with Crippen LogP contribution in [0.4, 0.5) is 5.82 Å². The van der Waals surface area contributed by atoms with Crippen molar-refractivity contribution in [3.63, 3.8) is 0 Å². The molecule has 0 aliphatic carbocycles. The van der Waals surface area contributed by atoms with Crippen LogP contribution in [0, 0.1) is 0 Å². The Morgan fingerprint density at radius 3 is 2.70 bits per heavy atom. The van der Waals surface area contributed by atoms with E-state index in [4.69, 9.17) is 0 Å². The first-order chi connectivity index (χ1) is 9.85. The maximum absolute atomic E-state index is 4.47. The molecule has 2 saturated heterocycles. The highest BCUT2D eigenvalue weighted by Crippen LogP contribution is 2.21. The van der Waals surface area contributed by atoms with E-state index in [-0.39, 0.29) is 0 Å². The number of hydrogen-bond acceptors (Lipinski definition) is 5. The number of hydrogen-bond donors (Lipinski definition) is 1. The molecular formula is C15H25N5. The van der Waals surface area contributed by atoms with Crippen molar-refractivity contribution in [2.75, 3.05) is 38.5 Å². The SMILES string of the molecule is CNc1cnc(CN2CCC(N3CCCCC3)C2)cn1. The molecule has 5 nitrogen and oxygen atoms in total.